The second-order valence-electron chi connectivity index (χ2n) is 3.99. The molecule has 1 aromatic heterocycles. The van der Waals surface area contributed by atoms with Gasteiger partial charge in [-0.1, -0.05) is 20.8 Å². The Balaban J connectivity index is 0.000000861. The van der Waals surface area contributed by atoms with E-state index in [1.807, 2.05) is 13.8 Å². The number of nitrogens with zero attached hydrogens (tertiary/aromatic N) is 4. The number of rotatable bonds is 3. The Morgan fingerprint density at radius 2 is 1.89 bits per heavy atom. The molecule has 0 atom stereocenters. The summed E-state index contributed by atoms with van der Waals surface area (Å²) in [6, 6.07) is 1.53. The number of carboxylic acid groups (broad SMARTS) is 1. The fourth-order valence-corrected chi connectivity index (χ4v) is 1.93. The fourth-order valence-electron chi connectivity index (χ4n) is 1.93. The Hall–Kier alpha value is -1.69. The van der Waals surface area contributed by atoms with Crippen molar-refractivity contribution in [3.8, 4) is 0 Å². The number of hydrogen-bond donors (Lipinski definition) is 1. The van der Waals surface area contributed by atoms with E-state index in [9.17, 15) is 4.79 Å². The van der Waals surface area contributed by atoms with E-state index in [0.717, 1.165) is 32.7 Å². The Kier molecular flexibility index (Phi) is 6.21. The van der Waals surface area contributed by atoms with Crippen LogP contribution in [0.1, 0.15) is 31.3 Å². The molecule has 0 saturated carbocycles. The summed E-state index contributed by atoms with van der Waals surface area (Å²) in [4.78, 5) is 23.1. The van der Waals surface area contributed by atoms with Crippen LogP contribution in [0.5, 0.6) is 0 Å². The van der Waals surface area contributed by atoms with Crippen LogP contribution in [0.25, 0.3) is 0 Å². The summed E-state index contributed by atoms with van der Waals surface area (Å²) in [5.41, 5.74) is 0.0490. The van der Waals surface area contributed by atoms with Gasteiger partial charge in [0.1, 0.15) is 12.1 Å². The average molecular weight is 266 g/mol. The largest absolute Gasteiger partial charge is 0.477 e. The van der Waals surface area contributed by atoms with Crippen LogP contribution in [0.15, 0.2) is 12.4 Å². The minimum absolute atomic E-state index is 0.0490. The van der Waals surface area contributed by atoms with Gasteiger partial charge in [0.05, 0.1) is 0 Å². The van der Waals surface area contributed by atoms with Crippen LogP contribution in [-0.4, -0.2) is 58.7 Å². The molecule has 19 heavy (non-hydrogen) atoms. The Bertz CT molecular complexity index is 403. The lowest BCUT2D eigenvalue weighted by Crippen LogP contribution is -2.46. The van der Waals surface area contributed by atoms with E-state index < -0.39 is 5.97 Å². The Morgan fingerprint density at radius 3 is 2.42 bits per heavy atom. The van der Waals surface area contributed by atoms with Gasteiger partial charge in [-0.2, -0.15) is 0 Å². The number of carbonyl (C=O) groups is 1. The van der Waals surface area contributed by atoms with Gasteiger partial charge in [-0.3, -0.25) is 0 Å². The summed E-state index contributed by atoms with van der Waals surface area (Å²) in [6.45, 7) is 10.9. The molecule has 1 fully saturated rings. The molecule has 1 N–H and O–H groups in total. The maximum absolute atomic E-state index is 10.8. The van der Waals surface area contributed by atoms with Gasteiger partial charge >= 0.3 is 5.97 Å². The first-order valence-electron chi connectivity index (χ1n) is 6.73. The van der Waals surface area contributed by atoms with Crippen LogP contribution in [0.2, 0.25) is 0 Å². The predicted molar refractivity (Wildman–Crippen MR) is 74.7 cm³/mol. The maximum atomic E-state index is 10.8. The molecule has 0 unspecified atom stereocenters. The molecule has 0 radical (unpaired) electrons. The summed E-state index contributed by atoms with van der Waals surface area (Å²) in [6.07, 6.45) is 1.31. The smallest absolute Gasteiger partial charge is 0.354 e. The van der Waals surface area contributed by atoms with Gasteiger partial charge < -0.3 is 14.9 Å². The summed E-state index contributed by atoms with van der Waals surface area (Å²) in [7, 11) is 0. The third-order valence-corrected chi connectivity index (χ3v) is 3.02. The van der Waals surface area contributed by atoms with E-state index in [2.05, 4.69) is 26.7 Å². The molecule has 1 aromatic rings. The molecule has 0 bridgehead atoms. The average Bonchev–Trinajstić information content (AvgIpc) is 2.49. The lowest BCUT2D eigenvalue weighted by molar-refractivity contribution is 0.0690. The quantitative estimate of drug-likeness (QED) is 0.890. The SMILES string of the molecule is CC.CCN1CCN(c2cc(C(=O)O)ncn2)CC1. The highest BCUT2D eigenvalue weighted by atomic mass is 16.4. The summed E-state index contributed by atoms with van der Waals surface area (Å²) >= 11 is 0. The van der Waals surface area contributed by atoms with E-state index in [1.165, 1.54) is 12.4 Å². The minimum atomic E-state index is -1.01. The van der Waals surface area contributed by atoms with Crippen molar-refractivity contribution >= 4 is 11.8 Å². The summed E-state index contributed by atoms with van der Waals surface area (Å²) < 4.78 is 0. The molecule has 0 spiro atoms. The zero-order valence-corrected chi connectivity index (χ0v) is 11.8. The topological polar surface area (TPSA) is 69.6 Å². The van der Waals surface area contributed by atoms with Crippen LogP contribution in [0.4, 0.5) is 5.82 Å². The number of aromatic carboxylic acids is 1. The van der Waals surface area contributed by atoms with E-state index in [4.69, 9.17) is 5.11 Å². The van der Waals surface area contributed by atoms with E-state index in [-0.39, 0.29) is 5.69 Å². The second kappa shape index (κ2) is 7.68. The van der Waals surface area contributed by atoms with Gasteiger partial charge in [-0.15, -0.1) is 0 Å². The molecule has 1 aliphatic rings. The summed E-state index contributed by atoms with van der Waals surface area (Å²) in [5, 5.41) is 8.87. The molecule has 0 aliphatic carbocycles. The van der Waals surface area contributed by atoms with Gasteiger partial charge in [-0.25, -0.2) is 14.8 Å². The van der Waals surface area contributed by atoms with Gasteiger partial charge in [0.2, 0.25) is 0 Å². The molecule has 1 aliphatic heterocycles. The number of anilines is 1. The fraction of sp³-hybridized carbons (Fsp3) is 0.615. The van der Waals surface area contributed by atoms with Crippen molar-refractivity contribution < 1.29 is 9.90 Å². The van der Waals surface area contributed by atoms with Gasteiger partial charge in [0.25, 0.3) is 0 Å². The van der Waals surface area contributed by atoms with Crippen LogP contribution in [0, 0.1) is 0 Å². The zero-order chi connectivity index (χ0) is 14.3. The van der Waals surface area contributed by atoms with E-state index >= 15 is 0 Å². The zero-order valence-electron chi connectivity index (χ0n) is 11.8. The molecule has 0 amide bonds. The highest BCUT2D eigenvalue weighted by Crippen LogP contribution is 2.13. The standard InChI is InChI=1S/C11H16N4O2.C2H6/c1-2-14-3-5-15(6-4-14)10-7-9(11(16)17)12-8-13-10;1-2/h7-8H,2-6H2,1H3,(H,16,17);1-2H3. The third-order valence-electron chi connectivity index (χ3n) is 3.02. The van der Waals surface area contributed by atoms with Crippen molar-refractivity contribution in [3.05, 3.63) is 18.1 Å². The first-order chi connectivity index (χ1) is 9.20. The molecule has 6 nitrogen and oxygen atoms in total. The highest BCUT2D eigenvalue weighted by Gasteiger charge is 2.17. The van der Waals surface area contributed by atoms with Crippen molar-refractivity contribution in [2.75, 3.05) is 37.6 Å². The molecular formula is C13H22N4O2. The lowest BCUT2D eigenvalue weighted by atomic mass is 10.3. The van der Waals surface area contributed by atoms with Crippen LogP contribution in [0.3, 0.4) is 0 Å². The Labute approximate surface area is 114 Å². The Morgan fingerprint density at radius 1 is 1.26 bits per heavy atom. The lowest BCUT2D eigenvalue weighted by Gasteiger charge is -2.34. The number of piperazine rings is 1. The number of likely N-dealkylation sites (N-methyl/N-ethyl adjacent to an activating group) is 1. The van der Waals surface area contributed by atoms with Crippen LogP contribution < -0.4 is 4.90 Å². The normalized spacial score (nSPS) is 15.6. The number of aromatic nitrogens is 2. The third kappa shape index (κ3) is 4.17. The van der Waals surface area contributed by atoms with Crippen molar-refractivity contribution in [1.29, 1.82) is 0 Å². The van der Waals surface area contributed by atoms with Gasteiger partial charge in [-0.05, 0) is 6.54 Å². The monoisotopic (exact) mass is 266 g/mol. The predicted octanol–water partition coefficient (Wildman–Crippen LogP) is 1.34. The first kappa shape index (κ1) is 15.4. The highest BCUT2D eigenvalue weighted by molar-refractivity contribution is 5.86. The minimum Gasteiger partial charge on any atom is -0.477 e. The molecule has 2 rings (SSSR count). The second-order valence-corrected chi connectivity index (χ2v) is 3.99. The molecule has 1 saturated heterocycles. The number of carboxylic acids is 1. The van der Waals surface area contributed by atoms with Crippen molar-refractivity contribution in [1.82, 2.24) is 14.9 Å². The van der Waals surface area contributed by atoms with Gasteiger partial charge in [0.15, 0.2) is 5.69 Å². The molecule has 6 heteroatoms. The van der Waals surface area contributed by atoms with E-state index in [1.54, 1.807) is 0 Å². The molecule has 106 valence electrons. The molecule has 0 aromatic carbocycles. The van der Waals surface area contributed by atoms with Crippen molar-refractivity contribution in [3.63, 3.8) is 0 Å². The maximum Gasteiger partial charge on any atom is 0.354 e. The molecular weight excluding hydrogens is 244 g/mol. The van der Waals surface area contributed by atoms with Crippen molar-refractivity contribution in [2.45, 2.75) is 20.8 Å². The summed E-state index contributed by atoms with van der Waals surface area (Å²) in [5.74, 6) is -0.311. The number of hydrogen-bond acceptors (Lipinski definition) is 5. The van der Waals surface area contributed by atoms with Gasteiger partial charge in [0, 0.05) is 32.2 Å². The first-order valence-corrected chi connectivity index (χ1v) is 6.73. The molecule has 2 heterocycles. The van der Waals surface area contributed by atoms with Crippen LogP contribution in [-0.2, 0) is 0 Å². The van der Waals surface area contributed by atoms with Crippen molar-refractivity contribution in [2.24, 2.45) is 0 Å². The van der Waals surface area contributed by atoms with Crippen LogP contribution >= 0.6 is 0 Å². The van der Waals surface area contributed by atoms with E-state index in [0.29, 0.717) is 5.82 Å².